The fourth-order valence-corrected chi connectivity index (χ4v) is 8.25. The molecular formula is C49H87O13P. The molecule has 0 aliphatic heterocycles. The van der Waals surface area contributed by atoms with Gasteiger partial charge in [-0.3, -0.25) is 18.6 Å². The van der Waals surface area contributed by atoms with Crippen molar-refractivity contribution in [3.63, 3.8) is 0 Å². The average Bonchev–Trinajstić information content (AvgIpc) is 3.26. The third kappa shape index (κ3) is 31.4. The van der Waals surface area contributed by atoms with Crippen LogP contribution in [0, 0.1) is 0 Å². The second kappa shape index (κ2) is 39.0. The van der Waals surface area contributed by atoms with Gasteiger partial charge in [-0.05, 0) is 51.4 Å². The van der Waals surface area contributed by atoms with E-state index in [9.17, 15) is 44.6 Å². The van der Waals surface area contributed by atoms with Gasteiger partial charge in [-0.15, -0.1) is 0 Å². The number of phosphoric acid groups is 1. The van der Waals surface area contributed by atoms with Crippen molar-refractivity contribution < 1.29 is 63.1 Å². The highest BCUT2D eigenvalue weighted by Crippen LogP contribution is 2.47. The van der Waals surface area contributed by atoms with Gasteiger partial charge in [-0.1, -0.05) is 178 Å². The maximum absolute atomic E-state index is 12.8. The molecule has 1 saturated carbocycles. The molecule has 0 heterocycles. The number of carbonyl (C=O) groups is 2. The smallest absolute Gasteiger partial charge is 0.462 e. The molecule has 0 amide bonds. The molecule has 63 heavy (non-hydrogen) atoms. The number of ether oxygens (including phenoxy) is 2. The molecule has 0 bridgehead atoms. The second-order valence-corrected chi connectivity index (χ2v) is 18.3. The van der Waals surface area contributed by atoms with Crippen molar-refractivity contribution in [2.45, 2.75) is 236 Å². The Labute approximate surface area is 380 Å². The number of allylic oxidation sites excluding steroid dienone is 8. The van der Waals surface area contributed by atoms with Gasteiger partial charge in [0.05, 0.1) is 6.61 Å². The Balaban J connectivity index is 2.44. The fraction of sp³-hybridized carbons (Fsp3) is 0.796. The number of hydrogen-bond acceptors (Lipinski definition) is 12. The number of phosphoric ester groups is 1. The molecule has 1 fully saturated rings. The molecule has 1 aliphatic rings. The summed E-state index contributed by atoms with van der Waals surface area (Å²) in [5.74, 6) is -1.12. The molecular weight excluding hydrogens is 828 g/mol. The summed E-state index contributed by atoms with van der Waals surface area (Å²) in [5, 5.41) is 50.2. The zero-order valence-electron chi connectivity index (χ0n) is 38.9. The topological polar surface area (TPSA) is 210 Å². The third-order valence-corrected chi connectivity index (χ3v) is 12.2. The third-order valence-electron chi connectivity index (χ3n) is 11.2. The number of rotatable bonds is 40. The Morgan fingerprint density at radius 2 is 0.905 bits per heavy atom. The Morgan fingerprint density at radius 1 is 0.508 bits per heavy atom. The minimum absolute atomic E-state index is 0.0690. The Bertz CT molecular complexity index is 1290. The van der Waals surface area contributed by atoms with Crippen LogP contribution in [-0.2, 0) is 32.7 Å². The van der Waals surface area contributed by atoms with Crippen molar-refractivity contribution in [1.82, 2.24) is 0 Å². The minimum Gasteiger partial charge on any atom is -0.462 e. The van der Waals surface area contributed by atoms with Gasteiger partial charge in [0, 0.05) is 12.8 Å². The molecule has 0 aromatic rings. The molecule has 0 radical (unpaired) electrons. The van der Waals surface area contributed by atoms with E-state index in [4.69, 9.17) is 18.5 Å². The van der Waals surface area contributed by atoms with Crippen LogP contribution in [0.2, 0.25) is 0 Å². The number of unbranched alkanes of at least 4 members (excludes halogenated alkanes) is 20. The van der Waals surface area contributed by atoms with Gasteiger partial charge < -0.3 is 39.9 Å². The van der Waals surface area contributed by atoms with Crippen LogP contribution in [-0.4, -0.2) is 98.3 Å². The van der Waals surface area contributed by atoms with Gasteiger partial charge >= 0.3 is 19.8 Å². The zero-order chi connectivity index (χ0) is 46.4. The van der Waals surface area contributed by atoms with Crippen molar-refractivity contribution in [2.75, 3.05) is 13.2 Å². The van der Waals surface area contributed by atoms with Gasteiger partial charge in [-0.25, -0.2) is 4.57 Å². The summed E-state index contributed by atoms with van der Waals surface area (Å²) in [6.07, 6.45) is 33.0. The summed E-state index contributed by atoms with van der Waals surface area (Å²) in [5.41, 5.74) is 0. The van der Waals surface area contributed by atoms with Crippen LogP contribution in [0.3, 0.4) is 0 Å². The summed E-state index contributed by atoms with van der Waals surface area (Å²) in [4.78, 5) is 35.8. The molecule has 6 unspecified atom stereocenters. The summed E-state index contributed by atoms with van der Waals surface area (Å²) < 4.78 is 33.6. The van der Waals surface area contributed by atoms with Crippen molar-refractivity contribution >= 4 is 19.8 Å². The van der Waals surface area contributed by atoms with Crippen molar-refractivity contribution in [1.29, 1.82) is 0 Å². The number of esters is 2. The van der Waals surface area contributed by atoms with E-state index in [-0.39, 0.29) is 12.8 Å². The maximum atomic E-state index is 12.8. The molecule has 0 spiro atoms. The first kappa shape index (κ1) is 58.8. The lowest BCUT2D eigenvalue weighted by molar-refractivity contribution is -0.220. The average molecular weight is 915 g/mol. The zero-order valence-corrected chi connectivity index (χ0v) is 39.8. The monoisotopic (exact) mass is 915 g/mol. The first-order valence-electron chi connectivity index (χ1n) is 24.4. The van der Waals surface area contributed by atoms with E-state index in [0.29, 0.717) is 12.8 Å². The Kier molecular flexibility index (Phi) is 36.4. The molecule has 6 N–H and O–H groups in total. The fourth-order valence-electron chi connectivity index (χ4n) is 7.28. The molecule has 366 valence electrons. The highest BCUT2D eigenvalue weighted by molar-refractivity contribution is 7.47. The summed E-state index contributed by atoms with van der Waals surface area (Å²) in [6, 6.07) is 0. The number of hydrogen-bond donors (Lipinski definition) is 6. The predicted molar refractivity (Wildman–Crippen MR) is 249 cm³/mol. The van der Waals surface area contributed by atoms with Crippen molar-refractivity contribution in [3.05, 3.63) is 48.6 Å². The van der Waals surface area contributed by atoms with E-state index < -0.39 is 75.7 Å². The first-order valence-corrected chi connectivity index (χ1v) is 25.9. The van der Waals surface area contributed by atoms with Crippen LogP contribution in [0.4, 0.5) is 0 Å². The van der Waals surface area contributed by atoms with E-state index in [1.54, 1.807) is 0 Å². The molecule has 0 saturated heterocycles. The summed E-state index contributed by atoms with van der Waals surface area (Å²) in [7, 11) is -5.13. The van der Waals surface area contributed by atoms with Gasteiger partial charge in [0.25, 0.3) is 0 Å². The number of aliphatic hydroxyl groups is 5. The molecule has 13 nitrogen and oxygen atoms in total. The van der Waals surface area contributed by atoms with E-state index in [2.05, 4.69) is 62.5 Å². The van der Waals surface area contributed by atoms with Crippen molar-refractivity contribution in [2.24, 2.45) is 0 Å². The Hall–Kier alpha value is -2.19. The predicted octanol–water partition coefficient (Wildman–Crippen LogP) is 9.95. The minimum atomic E-state index is -5.13. The van der Waals surface area contributed by atoms with Gasteiger partial charge in [-0.2, -0.15) is 0 Å². The van der Waals surface area contributed by atoms with Crippen molar-refractivity contribution in [3.8, 4) is 0 Å². The normalized spacial score (nSPS) is 22.1. The molecule has 0 aromatic carbocycles. The molecule has 0 aromatic heterocycles. The van der Waals surface area contributed by atoms with E-state index in [1.807, 2.05) is 0 Å². The van der Waals surface area contributed by atoms with Gasteiger partial charge in [0.15, 0.2) is 6.10 Å². The number of aliphatic hydroxyl groups excluding tert-OH is 5. The quantitative estimate of drug-likeness (QED) is 0.0147. The molecule has 8 atom stereocenters. The van der Waals surface area contributed by atoms with Crippen LogP contribution >= 0.6 is 7.82 Å². The van der Waals surface area contributed by atoms with Gasteiger partial charge in [0.1, 0.15) is 43.2 Å². The highest BCUT2D eigenvalue weighted by Gasteiger charge is 2.51. The van der Waals surface area contributed by atoms with Gasteiger partial charge in [0.2, 0.25) is 0 Å². The number of carbonyl (C=O) groups excluding carboxylic acids is 2. The molecule has 1 aliphatic carbocycles. The maximum Gasteiger partial charge on any atom is 0.472 e. The summed E-state index contributed by atoms with van der Waals surface area (Å²) >= 11 is 0. The van der Waals surface area contributed by atoms with E-state index in [0.717, 1.165) is 70.6 Å². The first-order chi connectivity index (χ1) is 30.4. The van der Waals surface area contributed by atoms with Crippen LogP contribution in [0.5, 0.6) is 0 Å². The van der Waals surface area contributed by atoms with Crippen LogP contribution < -0.4 is 0 Å². The lowest BCUT2D eigenvalue weighted by Gasteiger charge is -2.41. The Morgan fingerprint density at radius 3 is 1.38 bits per heavy atom. The van der Waals surface area contributed by atoms with E-state index in [1.165, 1.54) is 83.5 Å². The van der Waals surface area contributed by atoms with Crippen LogP contribution in [0.1, 0.15) is 194 Å². The standard InChI is InChI=1S/C49H87O13P/c1-3-5-7-9-11-13-15-17-19-21-23-25-27-29-31-33-35-37-42(50)59-39-41(40-60-63(57,58)62-49-47(55)45(53)44(52)46(54)48(49)56)61-43(51)38-36-34-32-30-28-26-24-22-20-18-16-14-12-10-8-6-4-2/h6,8,12,14,18,20,24,26,41,44-49,52-56H,3-5,7,9-11,13,15-17,19,21-23,25,27-40H2,1-2H3,(H,57,58)/t41-,44?,45-,46?,47?,48?,49?/m1/s1. The molecule has 1 rings (SSSR count). The van der Waals surface area contributed by atoms with E-state index >= 15 is 0 Å². The largest absolute Gasteiger partial charge is 0.472 e. The van der Waals surface area contributed by atoms with Crippen LogP contribution in [0.15, 0.2) is 48.6 Å². The van der Waals surface area contributed by atoms with Crippen LogP contribution in [0.25, 0.3) is 0 Å². The SMILES string of the molecule is CCC=CCC=CCC=CCC=CCCCCCCC(=O)O[C@H](COC(=O)CCCCCCCCCCCCCCCCCCC)COP(=O)(O)OC1C(O)C(O)C(O)[C@@H](O)C1O. The summed E-state index contributed by atoms with van der Waals surface area (Å²) in [6.45, 7) is 3.18. The molecule has 14 heteroatoms. The second-order valence-electron chi connectivity index (χ2n) is 16.9. The lowest BCUT2D eigenvalue weighted by Crippen LogP contribution is -2.64. The highest BCUT2D eigenvalue weighted by atomic mass is 31.2. The lowest BCUT2D eigenvalue weighted by atomic mass is 9.85.